The molecule has 0 unspecified atom stereocenters. The van der Waals surface area contributed by atoms with Gasteiger partial charge < -0.3 is 9.30 Å². The molecule has 0 spiro atoms. The zero-order valence-electron chi connectivity index (χ0n) is 19.9. The Bertz CT molecular complexity index is 1540. The SMILES string of the molecule is CCc1cc2c(cc(OC)c(=O)n2Cc2ccc(-c3ccccc3-c3nnn[nH]3)cc2)c(CC)n1. The van der Waals surface area contributed by atoms with Gasteiger partial charge in [-0.05, 0) is 52.1 Å². The molecule has 35 heavy (non-hydrogen) atoms. The van der Waals surface area contributed by atoms with Crippen molar-refractivity contribution in [2.24, 2.45) is 0 Å². The number of aromatic amines is 1. The van der Waals surface area contributed by atoms with Crippen LogP contribution in [0.3, 0.4) is 0 Å². The van der Waals surface area contributed by atoms with Gasteiger partial charge in [-0.3, -0.25) is 9.78 Å². The number of hydrogen-bond donors (Lipinski definition) is 1. The fourth-order valence-corrected chi connectivity index (χ4v) is 4.41. The summed E-state index contributed by atoms with van der Waals surface area (Å²) in [6, 6.07) is 20.0. The summed E-state index contributed by atoms with van der Waals surface area (Å²) in [5.74, 6) is 0.940. The molecular formula is C27H26N6O2. The molecule has 2 aromatic carbocycles. The van der Waals surface area contributed by atoms with Crippen LogP contribution in [0.2, 0.25) is 0 Å². The molecule has 0 aliphatic heterocycles. The highest BCUT2D eigenvalue weighted by Crippen LogP contribution is 2.30. The number of benzene rings is 2. The van der Waals surface area contributed by atoms with Gasteiger partial charge in [0.25, 0.3) is 5.56 Å². The molecule has 8 heteroatoms. The van der Waals surface area contributed by atoms with Crippen molar-refractivity contribution in [1.29, 1.82) is 0 Å². The molecule has 0 aliphatic carbocycles. The van der Waals surface area contributed by atoms with Gasteiger partial charge in [0.15, 0.2) is 11.6 Å². The van der Waals surface area contributed by atoms with Crippen molar-refractivity contribution in [3.8, 4) is 28.3 Å². The van der Waals surface area contributed by atoms with Crippen LogP contribution in [-0.2, 0) is 19.4 Å². The number of rotatable bonds is 7. The molecule has 0 bridgehead atoms. The fourth-order valence-electron chi connectivity index (χ4n) is 4.41. The summed E-state index contributed by atoms with van der Waals surface area (Å²) >= 11 is 0. The molecule has 176 valence electrons. The van der Waals surface area contributed by atoms with E-state index in [9.17, 15) is 4.79 Å². The second kappa shape index (κ2) is 9.50. The number of nitrogens with one attached hydrogen (secondary N) is 1. The largest absolute Gasteiger partial charge is 0.491 e. The topological polar surface area (TPSA) is 98.6 Å². The average molecular weight is 467 g/mol. The van der Waals surface area contributed by atoms with E-state index in [4.69, 9.17) is 9.72 Å². The van der Waals surface area contributed by atoms with E-state index in [0.29, 0.717) is 18.1 Å². The number of methoxy groups -OCH3 is 1. The molecule has 0 aliphatic rings. The summed E-state index contributed by atoms with van der Waals surface area (Å²) in [4.78, 5) is 18.1. The molecule has 0 saturated carbocycles. The number of H-pyrrole nitrogens is 1. The zero-order valence-corrected chi connectivity index (χ0v) is 19.9. The van der Waals surface area contributed by atoms with Gasteiger partial charge in [0.05, 0.1) is 19.2 Å². The first-order chi connectivity index (χ1) is 17.1. The van der Waals surface area contributed by atoms with Gasteiger partial charge in [-0.1, -0.05) is 62.4 Å². The van der Waals surface area contributed by atoms with Gasteiger partial charge in [0.1, 0.15) is 0 Å². The first-order valence-corrected chi connectivity index (χ1v) is 11.7. The van der Waals surface area contributed by atoms with E-state index in [0.717, 1.165) is 57.4 Å². The zero-order chi connectivity index (χ0) is 24.4. The van der Waals surface area contributed by atoms with E-state index in [1.807, 2.05) is 48.5 Å². The Balaban J connectivity index is 1.57. The number of pyridine rings is 2. The first kappa shape index (κ1) is 22.5. The summed E-state index contributed by atoms with van der Waals surface area (Å²) in [5, 5.41) is 15.2. The second-order valence-corrected chi connectivity index (χ2v) is 8.30. The van der Waals surface area contributed by atoms with Crippen molar-refractivity contribution in [1.82, 2.24) is 30.2 Å². The Morgan fingerprint density at radius 3 is 2.40 bits per heavy atom. The Morgan fingerprint density at radius 2 is 1.74 bits per heavy atom. The monoisotopic (exact) mass is 466 g/mol. The van der Waals surface area contributed by atoms with E-state index in [2.05, 4.69) is 46.6 Å². The normalized spacial score (nSPS) is 11.2. The van der Waals surface area contributed by atoms with Crippen LogP contribution in [0.25, 0.3) is 33.4 Å². The lowest BCUT2D eigenvalue weighted by Crippen LogP contribution is -2.23. The lowest BCUT2D eigenvalue weighted by Gasteiger charge is -2.16. The van der Waals surface area contributed by atoms with Gasteiger partial charge in [-0.25, -0.2) is 5.10 Å². The number of aromatic nitrogens is 6. The van der Waals surface area contributed by atoms with E-state index in [1.54, 1.807) is 4.57 Å². The molecular weight excluding hydrogens is 440 g/mol. The van der Waals surface area contributed by atoms with E-state index >= 15 is 0 Å². The van der Waals surface area contributed by atoms with Crippen LogP contribution < -0.4 is 10.3 Å². The molecule has 0 radical (unpaired) electrons. The van der Waals surface area contributed by atoms with Gasteiger partial charge in [-0.15, -0.1) is 5.10 Å². The minimum absolute atomic E-state index is 0.150. The predicted octanol–water partition coefficient (Wildman–Crippen LogP) is 4.43. The smallest absolute Gasteiger partial charge is 0.293 e. The van der Waals surface area contributed by atoms with E-state index < -0.39 is 0 Å². The highest BCUT2D eigenvalue weighted by molar-refractivity contribution is 5.83. The number of ether oxygens (including phenoxy) is 1. The van der Waals surface area contributed by atoms with Crippen molar-refractivity contribution in [2.75, 3.05) is 7.11 Å². The maximum atomic E-state index is 13.3. The molecule has 0 fully saturated rings. The third-order valence-corrected chi connectivity index (χ3v) is 6.24. The summed E-state index contributed by atoms with van der Waals surface area (Å²) in [7, 11) is 1.53. The highest BCUT2D eigenvalue weighted by atomic mass is 16.5. The molecule has 0 atom stereocenters. The molecule has 5 aromatic rings. The first-order valence-electron chi connectivity index (χ1n) is 11.7. The Hall–Kier alpha value is -4.33. The quantitative estimate of drug-likeness (QED) is 0.381. The molecule has 3 heterocycles. The fraction of sp³-hybridized carbons (Fsp3) is 0.222. The lowest BCUT2D eigenvalue weighted by molar-refractivity contribution is 0.405. The third kappa shape index (κ3) is 4.19. The lowest BCUT2D eigenvalue weighted by atomic mass is 9.98. The van der Waals surface area contributed by atoms with Crippen LogP contribution in [0.15, 0.2) is 65.5 Å². The summed E-state index contributed by atoms with van der Waals surface area (Å²) < 4.78 is 7.22. The number of hydrogen-bond acceptors (Lipinski definition) is 6. The number of nitrogens with zero attached hydrogens (tertiary/aromatic N) is 5. The average Bonchev–Trinajstić information content (AvgIpc) is 3.45. The van der Waals surface area contributed by atoms with E-state index in [-0.39, 0.29) is 5.56 Å². The van der Waals surface area contributed by atoms with Crippen LogP contribution in [0.1, 0.15) is 30.8 Å². The van der Waals surface area contributed by atoms with Crippen LogP contribution in [-0.4, -0.2) is 37.3 Å². The van der Waals surface area contributed by atoms with Crippen molar-refractivity contribution < 1.29 is 4.74 Å². The summed E-state index contributed by atoms with van der Waals surface area (Å²) in [6.45, 7) is 4.58. The molecule has 0 amide bonds. The third-order valence-electron chi connectivity index (χ3n) is 6.24. The number of fused-ring (bicyclic) bond motifs is 1. The summed E-state index contributed by atoms with van der Waals surface area (Å²) in [5.41, 5.74) is 6.67. The number of aryl methyl sites for hydroxylation is 2. The van der Waals surface area contributed by atoms with Crippen LogP contribution >= 0.6 is 0 Å². The van der Waals surface area contributed by atoms with E-state index in [1.165, 1.54) is 7.11 Å². The number of tetrazole rings is 1. The Morgan fingerprint density at radius 1 is 0.971 bits per heavy atom. The van der Waals surface area contributed by atoms with Gasteiger partial charge in [-0.2, -0.15) is 0 Å². The maximum Gasteiger partial charge on any atom is 0.293 e. The van der Waals surface area contributed by atoms with Crippen molar-refractivity contribution in [2.45, 2.75) is 33.2 Å². The van der Waals surface area contributed by atoms with Crippen LogP contribution in [0.4, 0.5) is 0 Å². The summed E-state index contributed by atoms with van der Waals surface area (Å²) in [6.07, 6.45) is 1.58. The molecule has 5 rings (SSSR count). The van der Waals surface area contributed by atoms with Crippen molar-refractivity contribution in [3.05, 3.63) is 88.0 Å². The van der Waals surface area contributed by atoms with Gasteiger partial charge in [0.2, 0.25) is 0 Å². The Kier molecular flexibility index (Phi) is 6.10. The standard InChI is InChI=1S/C27H26N6O2/c1-4-19-14-24-22(23(5-2)28-19)15-25(35-3)27(34)33(24)16-17-10-12-18(13-11-17)20-8-6-7-9-21(20)26-29-31-32-30-26/h6-15H,4-5,16H2,1-3H3,(H,29,30,31,32). The van der Waals surface area contributed by atoms with Gasteiger partial charge >= 0.3 is 0 Å². The molecule has 1 N–H and O–H groups in total. The molecule has 0 saturated heterocycles. The van der Waals surface area contributed by atoms with Crippen molar-refractivity contribution in [3.63, 3.8) is 0 Å². The minimum Gasteiger partial charge on any atom is -0.491 e. The van der Waals surface area contributed by atoms with Crippen molar-refractivity contribution >= 4 is 10.9 Å². The Labute approximate surface area is 202 Å². The second-order valence-electron chi connectivity index (χ2n) is 8.30. The minimum atomic E-state index is -0.150. The van der Waals surface area contributed by atoms with Gasteiger partial charge in [0, 0.05) is 22.3 Å². The highest BCUT2D eigenvalue weighted by Gasteiger charge is 2.15. The van der Waals surface area contributed by atoms with Crippen LogP contribution in [0, 0.1) is 0 Å². The predicted molar refractivity (Wildman–Crippen MR) is 135 cm³/mol. The molecule has 3 aromatic heterocycles. The maximum absolute atomic E-state index is 13.3. The van der Waals surface area contributed by atoms with Crippen LogP contribution in [0.5, 0.6) is 5.75 Å². The molecule has 8 nitrogen and oxygen atoms in total.